The van der Waals surface area contributed by atoms with E-state index < -0.39 is 12.0 Å². The lowest BCUT2D eigenvalue weighted by Gasteiger charge is -1.98. The Balaban J connectivity index is 2.80. The monoisotopic (exact) mass is 236 g/mol. The molecule has 0 bridgehead atoms. The van der Waals surface area contributed by atoms with Crippen molar-refractivity contribution < 1.29 is 13.2 Å². The maximum atomic E-state index is 12.4. The number of halogens is 3. The summed E-state index contributed by atoms with van der Waals surface area (Å²) in [5.74, 6) is -1.18. The SMILES string of the molecule is N#Cc1ccc2[nH]c(C(F)(F)F)nc2c1C#N. The fourth-order valence-corrected chi connectivity index (χ4v) is 1.42. The second-order valence-corrected chi connectivity index (χ2v) is 3.19. The van der Waals surface area contributed by atoms with Gasteiger partial charge in [-0.05, 0) is 12.1 Å². The van der Waals surface area contributed by atoms with Crippen LogP contribution in [0, 0.1) is 22.7 Å². The van der Waals surface area contributed by atoms with Crippen LogP contribution in [0.1, 0.15) is 17.0 Å². The van der Waals surface area contributed by atoms with Gasteiger partial charge in [0.15, 0.2) is 0 Å². The lowest BCUT2D eigenvalue weighted by atomic mass is 10.1. The summed E-state index contributed by atoms with van der Waals surface area (Å²) in [6.07, 6.45) is -4.61. The number of fused-ring (bicyclic) bond motifs is 1. The zero-order valence-electron chi connectivity index (χ0n) is 8.13. The van der Waals surface area contributed by atoms with Crippen LogP contribution in [0.5, 0.6) is 0 Å². The van der Waals surface area contributed by atoms with E-state index >= 15 is 0 Å². The van der Waals surface area contributed by atoms with Gasteiger partial charge in [0.1, 0.15) is 17.7 Å². The van der Waals surface area contributed by atoms with Crippen LogP contribution in [0.2, 0.25) is 0 Å². The Kier molecular flexibility index (Phi) is 2.25. The van der Waals surface area contributed by atoms with Crippen LogP contribution in [0.3, 0.4) is 0 Å². The van der Waals surface area contributed by atoms with Gasteiger partial charge in [-0.25, -0.2) is 4.98 Å². The summed E-state index contributed by atoms with van der Waals surface area (Å²) in [7, 11) is 0. The molecule has 0 aliphatic heterocycles. The van der Waals surface area contributed by atoms with E-state index in [1.165, 1.54) is 12.1 Å². The second kappa shape index (κ2) is 3.49. The molecule has 17 heavy (non-hydrogen) atoms. The summed E-state index contributed by atoms with van der Waals surface area (Å²) < 4.78 is 37.2. The van der Waals surface area contributed by atoms with Gasteiger partial charge in [0.25, 0.3) is 0 Å². The van der Waals surface area contributed by atoms with Crippen LogP contribution < -0.4 is 0 Å². The molecule has 0 aliphatic carbocycles. The van der Waals surface area contributed by atoms with Crippen molar-refractivity contribution >= 4 is 11.0 Å². The van der Waals surface area contributed by atoms with Gasteiger partial charge in [0.2, 0.25) is 5.82 Å². The smallest absolute Gasteiger partial charge is 0.334 e. The maximum absolute atomic E-state index is 12.4. The molecule has 2 rings (SSSR count). The summed E-state index contributed by atoms with van der Waals surface area (Å²) in [4.78, 5) is 5.37. The van der Waals surface area contributed by atoms with Crippen LogP contribution >= 0.6 is 0 Å². The minimum atomic E-state index is -4.61. The minimum absolute atomic E-state index is 0.000208. The van der Waals surface area contributed by atoms with Crippen molar-refractivity contribution in [3.8, 4) is 12.1 Å². The number of nitrogens with one attached hydrogen (secondary N) is 1. The van der Waals surface area contributed by atoms with Gasteiger partial charge in [0, 0.05) is 0 Å². The topological polar surface area (TPSA) is 76.3 Å². The molecule has 0 saturated heterocycles. The third kappa shape index (κ3) is 1.68. The zero-order chi connectivity index (χ0) is 12.6. The number of aromatic nitrogens is 2. The Bertz CT molecular complexity index is 670. The fourth-order valence-electron chi connectivity index (χ4n) is 1.42. The Hall–Kier alpha value is -2.54. The summed E-state index contributed by atoms with van der Waals surface area (Å²) in [5.41, 5.74) is -0.219. The summed E-state index contributed by atoms with van der Waals surface area (Å²) in [6.45, 7) is 0. The van der Waals surface area contributed by atoms with Crippen molar-refractivity contribution in [2.45, 2.75) is 6.18 Å². The van der Waals surface area contributed by atoms with E-state index in [0.29, 0.717) is 0 Å². The first-order chi connectivity index (χ1) is 7.97. The summed E-state index contributed by atoms with van der Waals surface area (Å²) in [6, 6.07) is 5.98. The van der Waals surface area contributed by atoms with Crippen molar-refractivity contribution in [3.05, 3.63) is 29.1 Å². The van der Waals surface area contributed by atoms with Crippen LogP contribution in [0.25, 0.3) is 11.0 Å². The molecule has 0 fully saturated rings. The lowest BCUT2D eigenvalue weighted by molar-refractivity contribution is -0.144. The highest BCUT2D eigenvalue weighted by atomic mass is 19.4. The third-order valence-electron chi connectivity index (χ3n) is 2.16. The number of hydrogen-bond donors (Lipinski definition) is 1. The first-order valence-electron chi connectivity index (χ1n) is 4.37. The molecule has 1 aromatic heterocycles. The number of benzene rings is 1. The maximum Gasteiger partial charge on any atom is 0.449 e. The number of nitriles is 2. The third-order valence-corrected chi connectivity index (χ3v) is 2.16. The van der Waals surface area contributed by atoms with Crippen LogP contribution in [0.4, 0.5) is 13.2 Å². The van der Waals surface area contributed by atoms with Crippen LogP contribution in [-0.2, 0) is 6.18 Å². The first kappa shape index (κ1) is 11.0. The van der Waals surface area contributed by atoms with Crippen LogP contribution in [0.15, 0.2) is 12.1 Å². The number of nitrogens with zero attached hydrogens (tertiary/aromatic N) is 3. The van der Waals surface area contributed by atoms with E-state index in [1.54, 1.807) is 12.1 Å². The number of imidazole rings is 1. The molecule has 4 nitrogen and oxygen atoms in total. The highest BCUT2D eigenvalue weighted by Gasteiger charge is 2.35. The molecular weight excluding hydrogens is 233 g/mol. The van der Waals surface area contributed by atoms with Crippen molar-refractivity contribution in [2.24, 2.45) is 0 Å². The summed E-state index contributed by atoms with van der Waals surface area (Å²) in [5, 5.41) is 17.5. The van der Waals surface area contributed by atoms with Gasteiger partial charge in [-0.1, -0.05) is 0 Å². The lowest BCUT2D eigenvalue weighted by Crippen LogP contribution is -2.06. The predicted octanol–water partition coefficient (Wildman–Crippen LogP) is 2.33. The number of hydrogen-bond acceptors (Lipinski definition) is 3. The highest BCUT2D eigenvalue weighted by molar-refractivity contribution is 5.84. The largest absolute Gasteiger partial charge is 0.449 e. The molecule has 0 unspecified atom stereocenters. The molecule has 0 spiro atoms. The van der Waals surface area contributed by atoms with E-state index in [1.807, 2.05) is 0 Å². The van der Waals surface area contributed by atoms with Crippen molar-refractivity contribution in [3.63, 3.8) is 0 Å². The molecule has 1 heterocycles. The average molecular weight is 236 g/mol. The van der Waals surface area contributed by atoms with E-state index in [2.05, 4.69) is 9.97 Å². The molecule has 1 aromatic carbocycles. The normalized spacial score (nSPS) is 11.1. The van der Waals surface area contributed by atoms with Crippen LogP contribution in [-0.4, -0.2) is 9.97 Å². The minimum Gasteiger partial charge on any atom is -0.334 e. The Morgan fingerprint density at radius 3 is 2.41 bits per heavy atom. The van der Waals surface area contributed by atoms with Crippen molar-refractivity contribution in [1.82, 2.24) is 9.97 Å². The van der Waals surface area contributed by atoms with Gasteiger partial charge >= 0.3 is 6.18 Å². The number of alkyl halides is 3. The predicted molar refractivity (Wildman–Crippen MR) is 50.5 cm³/mol. The van der Waals surface area contributed by atoms with Gasteiger partial charge in [0.05, 0.1) is 16.6 Å². The van der Waals surface area contributed by atoms with Gasteiger partial charge < -0.3 is 4.98 Å². The number of aromatic amines is 1. The Labute approximate surface area is 92.9 Å². The number of rotatable bonds is 0. The fraction of sp³-hybridized carbons (Fsp3) is 0.100. The Morgan fingerprint density at radius 2 is 1.88 bits per heavy atom. The quantitative estimate of drug-likeness (QED) is 0.762. The van der Waals surface area contributed by atoms with Gasteiger partial charge in [-0.15, -0.1) is 0 Å². The van der Waals surface area contributed by atoms with Crippen molar-refractivity contribution in [1.29, 1.82) is 10.5 Å². The summed E-state index contributed by atoms with van der Waals surface area (Å²) >= 11 is 0. The highest BCUT2D eigenvalue weighted by Crippen LogP contribution is 2.30. The van der Waals surface area contributed by atoms with Gasteiger partial charge in [-0.3, -0.25) is 0 Å². The Morgan fingerprint density at radius 1 is 1.18 bits per heavy atom. The average Bonchev–Trinajstić information content (AvgIpc) is 2.70. The molecule has 84 valence electrons. The van der Waals surface area contributed by atoms with E-state index in [4.69, 9.17) is 10.5 Å². The number of H-pyrrole nitrogens is 1. The molecule has 2 aromatic rings. The molecule has 7 heteroatoms. The second-order valence-electron chi connectivity index (χ2n) is 3.19. The first-order valence-corrected chi connectivity index (χ1v) is 4.37. The van der Waals surface area contributed by atoms with Crippen molar-refractivity contribution in [2.75, 3.05) is 0 Å². The van der Waals surface area contributed by atoms with E-state index in [-0.39, 0.29) is 22.2 Å². The molecule has 0 saturated carbocycles. The molecular formula is C10H3F3N4. The standard InChI is InChI=1S/C10H3F3N4/c11-10(12,13)9-16-7-2-1-5(3-14)6(4-15)8(7)17-9/h1-2H,(H,16,17). The van der Waals surface area contributed by atoms with E-state index in [9.17, 15) is 13.2 Å². The molecule has 0 radical (unpaired) electrons. The van der Waals surface area contributed by atoms with E-state index in [0.717, 1.165) is 0 Å². The molecule has 0 aliphatic rings. The van der Waals surface area contributed by atoms with Gasteiger partial charge in [-0.2, -0.15) is 23.7 Å². The molecule has 0 atom stereocenters. The zero-order valence-corrected chi connectivity index (χ0v) is 8.13. The molecule has 0 amide bonds. The molecule has 1 N–H and O–H groups in total.